The van der Waals surface area contributed by atoms with Gasteiger partial charge in [0.2, 0.25) is 0 Å². The molecule has 0 heterocycles. The lowest BCUT2D eigenvalue weighted by molar-refractivity contribution is 0.0997. The molecule has 0 saturated carbocycles. The summed E-state index contributed by atoms with van der Waals surface area (Å²) in [5.74, 6) is 0.0564. The van der Waals surface area contributed by atoms with Gasteiger partial charge in [-0.2, -0.15) is 0 Å². The zero-order valence-corrected chi connectivity index (χ0v) is 9.03. The van der Waals surface area contributed by atoms with Crippen molar-refractivity contribution in [3.63, 3.8) is 0 Å². The highest BCUT2D eigenvalue weighted by molar-refractivity contribution is 6.02. The Morgan fingerprint density at radius 2 is 2.12 bits per heavy atom. The molecule has 5 nitrogen and oxygen atoms in total. The Kier molecular flexibility index (Phi) is 3.77. The summed E-state index contributed by atoms with van der Waals surface area (Å²) in [5.41, 5.74) is 11.3. The summed E-state index contributed by atoms with van der Waals surface area (Å²) in [7, 11) is 1.46. The molecule has 5 heteroatoms. The minimum atomic E-state index is -0.657. The van der Waals surface area contributed by atoms with Crippen molar-refractivity contribution in [2.75, 3.05) is 19.5 Å². The highest BCUT2D eigenvalue weighted by atomic mass is 16.5. The third-order valence-electron chi connectivity index (χ3n) is 1.99. The number of nitrogen functional groups attached to an aromatic ring is 1. The van der Waals surface area contributed by atoms with Crippen molar-refractivity contribution in [2.24, 2.45) is 5.73 Å². The normalized spacial score (nSPS) is 9.56. The molecule has 16 heavy (non-hydrogen) atoms. The van der Waals surface area contributed by atoms with Gasteiger partial charge in [-0.25, -0.2) is 0 Å². The van der Waals surface area contributed by atoms with E-state index in [9.17, 15) is 4.79 Å². The topological polar surface area (TPSA) is 87.6 Å². The fourth-order valence-electron chi connectivity index (χ4n) is 1.28. The largest absolute Gasteiger partial charge is 0.495 e. The molecular formula is C11H14N2O3. The maximum atomic E-state index is 11.3. The van der Waals surface area contributed by atoms with E-state index in [1.807, 2.05) is 0 Å². The van der Waals surface area contributed by atoms with Crippen LogP contribution in [0.5, 0.6) is 11.5 Å². The zero-order valence-electron chi connectivity index (χ0n) is 9.03. The Bertz CT molecular complexity index is 416. The van der Waals surface area contributed by atoms with E-state index in [0.717, 1.165) is 0 Å². The van der Waals surface area contributed by atoms with Crippen molar-refractivity contribution in [1.29, 1.82) is 0 Å². The van der Waals surface area contributed by atoms with Crippen LogP contribution in [-0.2, 0) is 0 Å². The van der Waals surface area contributed by atoms with E-state index < -0.39 is 5.91 Å². The van der Waals surface area contributed by atoms with Crippen molar-refractivity contribution in [2.45, 2.75) is 0 Å². The molecule has 1 aromatic carbocycles. The van der Waals surface area contributed by atoms with E-state index in [0.29, 0.717) is 11.5 Å². The molecule has 0 spiro atoms. The molecular weight excluding hydrogens is 208 g/mol. The van der Waals surface area contributed by atoms with Crippen molar-refractivity contribution in [3.05, 3.63) is 30.4 Å². The van der Waals surface area contributed by atoms with Crippen LogP contribution in [-0.4, -0.2) is 19.6 Å². The second kappa shape index (κ2) is 5.06. The molecule has 0 aliphatic heterocycles. The molecule has 0 aliphatic rings. The average Bonchev–Trinajstić information content (AvgIpc) is 2.25. The van der Waals surface area contributed by atoms with Crippen molar-refractivity contribution in [1.82, 2.24) is 0 Å². The molecule has 1 aromatic rings. The summed E-state index contributed by atoms with van der Waals surface area (Å²) in [6, 6.07) is 3.19. The Morgan fingerprint density at radius 3 is 2.62 bits per heavy atom. The van der Waals surface area contributed by atoms with Crippen LogP contribution in [0.1, 0.15) is 10.4 Å². The fraction of sp³-hybridized carbons (Fsp3) is 0.182. The maximum absolute atomic E-state index is 11.3. The van der Waals surface area contributed by atoms with Crippen LogP contribution < -0.4 is 20.9 Å². The van der Waals surface area contributed by atoms with E-state index in [-0.39, 0.29) is 17.9 Å². The summed E-state index contributed by atoms with van der Waals surface area (Å²) in [6.07, 6.45) is 1.56. The van der Waals surface area contributed by atoms with Crippen molar-refractivity contribution < 1.29 is 14.3 Å². The lowest BCUT2D eigenvalue weighted by atomic mass is 10.1. The van der Waals surface area contributed by atoms with Gasteiger partial charge in [-0.1, -0.05) is 12.7 Å². The van der Waals surface area contributed by atoms with Crippen molar-refractivity contribution in [3.8, 4) is 11.5 Å². The molecule has 1 rings (SSSR count). The molecule has 1 amide bonds. The van der Waals surface area contributed by atoms with Gasteiger partial charge >= 0.3 is 0 Å². The second-order valence-electron chi connectivity index (χ2n) is 3.02. The first-order valence-corrected chi connectivity index (χ1v) is 4.61. The molecule has 0 aliphatic carbocycles. The van der Waals surface area contributed by atoms with Crippen molar-refractivity contribution >= 4 is 11.6 Å². The third-order valence-corrected chi connectivity index (χ3v) is 1.99. The maximum Gasteiger partial charge on any atom is 0.254 e. The highest BCUT2D eigenvalue weighted by Gasteiger charge is 2.17. The average molecular weight is 222 g/mol. The molecule has 0 unspecified atom stereocenters. The van der Waals surface area contributed by atoms with Crippen LogP contribution in [0.3, 0.4) is 0 Å². The summed E-state index contributed by atoms with van der Waals surface area (Å²) in [4.78, 5) is 11.3. The summed E-state index contributed by atoms with van der Waals surface area (Å²) in [6.45, 7) is 3.78. The van der Waals surface area contributed by atoms with Gasteiger partial charge in [0.05, 0.1) is 12.8 Å². The number of benzene rings is 1. The number of hydrogen-bond donors (Lipinski definition) is 2. The molecule has 0 bridgehead atoms. The first kappa shape index (κ1) is 11.9. The molecule has 0 atom stereocenters. The van der Waals surface area contributed by atoms with Crippen LogP contribution in [0.25, 0.3) is 0 Å². The second-order valence-corrected chi connectivity index (χ2v) is 3.02. The minimum absolute atomic E-state index is 0.126. The van der Waals surface area contributed by atoms with Gasteiger partial charge in [-0.3, -0.25) is 4.79 Å². The molecule has 0 aromatic heterocycles. The Balaban J connectivity index is 3.23. The Morgan fingerprint density at radius 1 is 1.50 bits per heavy atom. The predicted molar refractivity (Wildman–Crippen MR) is 61.6 cm³/mol. The summed E-state index contributed by atoms with van der Waals surface area (Å²) < 4.78 is 10.3. The summed E-state index contributed by atoms with van der Waals surface area (Å²) in [5, 5.41) is 0. The minimum Gasteiger partial charge on any atom is -0.495 e. The molecule has 4 N–H and O–H groups in total. The number of primary amides is 1. The standard InChI is InChI=1S/C11H14N2O3/c1-3-6-16-7-4-5-8(15-2)10(12)9(7)11(13)14/h3-5H,1,6,12H2,2H3,(H2,13,14). The smallest absolute Gasteiger partial charge is 0.254 e. The van der Waals surface area contributed by atoms with E-state index in [1.165, 1.54) is 7.11 Å². The Hall–Kier alpha value is -2.17. The van der Waals surface area contributed by atoms with Crippen LogP contribution in [0, 0.1) is 0 Å². The van der Waals surface area contributed by atoms with Gasteiger partial charge in [0.1, 0.15) is 23.7 Å². The van der Waals surface area contributed by atoms with Crippen LogP contribution >= 0.6 is 0 Å². The van der Waals surface area contributed by atoms with E-state index in [2.05, 4.69) is 6.58 Å². The van der Waals surface area contributed by atoms with E-state index in [1.54, 1.807) is 18.2 Å². The number of hydrogen-bond acceptors (Lipinski definition) is 4. The van der Waals surface area contributed by atoms with Crippen LogP contribution in [0.15, 0.2) is 24.8 Å². The number of rotatable bonds is 5. The molecule has 0 fully saturated rings. The molecule has 86 valence electrons. The highest BCUT2D eigenvalue weighted by Crippen LogP contribution is 2.32. The lowest BCUT2D eigenvalue weighted by Gasteiger charge is -2.12. The van der Waals surface area contributed by atoms with E-state index in [4.69, 9.17) is 20.9 Å². The molecule has 0 radical (unpaired) electrons. The van der Waals surface area contributed by atoms with Gasteiger partial charge < -0.3 is 20.9 Å². The third kappa shape index (κ3) is 2.25. The number of ether oxygens (including phenoxy) is 2. The lowest BCUT2D eigenvalue weighted by Crippen LogP contribution is -2.16. The first-order valence-electron chi connectivity index (χ1n) is 4.61. The monoisotopic (exact) mass is 222 g/mol. The van der Waals surface area contributed by atoms with Gasteiger partial charge in [-0.15, -0.1) is 0 Å². The van der Waals surface area contributed by atoms with Gasteiger partial charge in [0.25, 0.3) is 5.91 Å². The van der Waals surface area contributed by atoms with Gasteiger partial charge in [-0.05, 0) is 12.1 Å². The van der Waals surface area contributed by atoms with E-state index >= 15 is 0 Å². The summed E-state index contributed by atoms with van der Waals surface area (Å²) >= 11 is 0. The molecule has 0 saturated heterocycles. The number of anilines is 1. The SMILES string of the molecule is C=CCOc1ccc(OC)c(N)c1C(N)=O. The quantitative estimate of drug-likeness (QED) is 0.573. The van der Waals surface area contributed by atoms with Crippen LogP contribution in [0.2, 0.25) is 0 Å². The van der Waals surface area contributed by atoms with Crippen LogP contribution in [0.4, 0.5) is 5.69 Å². The van der Waals surface area contributed by atoms with Gasteiger partial charge in [0, 0.05) is 0 Å². The Labute approximate surface area is 93.6 Å². The van der Waals surface area contributed by atoms with Gasteiger partial charge in [0.15, 0.2) is 0 Å². The fourth-order valence-corrected chi connectivity index (χ4v) is 1.28. The predicted octanol–water partition coefficient (Wildman–Crippen LogP) is 0.941. The number of carbonyl (C=O) groups is 1. The zero-order chi connectivity index (χ0) is 12.1. The number of nitrogens with two attached hydrogens (primary N) is 2. The first-order chi connectivity index (χ1) is 7.61. The number of amides is 1. The number of carbonyl (C=O) groups excluding carboxylic acids is 1. The number of methoxy groups -OCH3 is 1.